The maximum atomic E-state index is 13.8. The molecule has 13 heteroatoms. The molecule has 0 aromatic carbocycles. The Balaban J connectivity index is 1.89. The van der Waals surface area contributed by atoms with Crippen LogP contribution in [0.5, 0.6) is 0 Å². The van der Waals surface area contributed by atoms with Crippen LogP contribution in [-0.2, 0) is 42.9 Å². The van der Waals surface area contributed by atoms with Gasteiger partial charge in [0, 0.05) is 36.5 Å². The van der Waals surface area contributed by atoms with Crippen molar-refractivity contribution in [3.05, 3.63) is 30.1 Å². The van der Waals surface area contributed by atoms with Gasteiger partial charge in [0.05, 0.1) is 25.7 Å². The van der Waals surface area contributed by atoms with Crippen molar-refractivity contribution in [1.29, 1.82) is 0 Å². The Morgan fingerprint density at radius 1 is 0.784 bits per heavy atom. The normalized spacial score (nSPS) is 27.5. The van der Waals surface area contributed by atoms with Gasteiger partial charge in [-0.2, -0.15) is 0 Å². The third kappa shape index (κ3) is 10.2. The molecule has 3 aliphatic heterocycles. The van der Waals surface area contributed by atoms with Crippen molar-refractivity contribution in [2.75, 3.05) is 24.7 Å². The fourth-order valence-corrected chi connectivity index (χ4v) is 9.16. The van der Waals surface area contributed by atoms with Crippen LogP contribution in [0.25, 0.3) is 0 Å². The first-order valence-corrected chi connectivity index (χ1v) is 19.8. The second-order valence-electron chi connectivity index (χ2n) is 17.9. The van der Waals surface area contributed by atoms with E-state index in [0.29, 0.717) is 6.54 Å². The van der Waals surface area contributed by atoms with E-state index in [0.717, 1.165) is 29.9 Å². The van der Waals surface area contributed by atoms with Gasteiger partial charge < -0.3 is 23.7 Å². The van der Waals surface area contributed by atoms with E-state index < -0.39 is 76.2 Å². The third-order valence-electron chi connectivity index (χ3n) is 9.03. The van der Waals surface area contributed by atoms with E-state index in [1.54, 1.807) is 89.3 Å². The summed E-state index contributed by atoms with van der Waals surface area (Å²) in [7, 11) is 0. The van der Waals surface area contributed by atoms with Crippen molar-refractivity contribution < 1.29 is 42.9 Å². The summed E-state index contributed by atoms with van der Waals surface area (Å²) in [6, 6.07) is 3.71. The summed E-state index contributed by atoms with van der Waals surface area (Å²) >= 11 is 3.94. The molecule has 0 aliphatic carbocycles. The van der Waals surface area contributed by atoms with Crippen molar-refractivity contribution in [3.63, 3.8) is 0 Å². The summed E-state index contributed by atoms with van der Waals surface area (Å²) in [6.45, 7) is 21.0. The second-order valence-corrected chi connectivity index (χ2v) is 21.1. The fraction of sp³-hybridized carbons (Fsp3) is 0.763. The summed E-state index contributed by atoms with van der Waals surface area (Å²) in [5.41, 5.74) is -2.67. The Morgan fingerprint density at radius 2 is 1.29 bits per heavy atom. The van der Waals surface area contributed by atoms with Gasteiger partial charge in [0.25, 0.3) is 0 Å². The predicted octanol–water partition coefficient (Wildman–Crippen LogP) is 6.58. The Bertz CT molecular complexity index is 1410. The highest BCUT2D eigenvalue weighted by Crippen LogP contribution is 2.56. The molecule has 0 amide bonds. The number of hydrogen-bond donors (Lipinski definition) is 0. The van der Waals surface area contributed by atoms with E-state index in [2.05, 4.69) is 9.88 Å². The number of thioether (sulfide) groups is 2. The molecule has 4 rings (SSSR count). The lowest BCUT2D eigenvalue weighted by Gasteiger charge is -2.53. The minimum atomic E-state index is -1.30. The summed E-state index contributed by atoms with van der Waals surface area (Å²) in [4.78, 5) is 60.9. The molecule has 51 heavy (non-hydrogen) atoms. The summed E-state index contributed by atoms with van der Waals surface area (Å²) < 4.78 is 31.6. The number of nitrogens with zero attached hydrogens (tertiary/aromatic N) is 2. The molecule has 1 aromatic rings. The van der Waals surface area contributed by atoms with Crippen molar-refractivity contribution in [1.82, 2.24) is 9.88 Å². The van der Waals surface area contributed by atoms with Crippen LogP contribution in [0.1, 0.15) is 108 Å². The minimum absolute atomic E-state index is 0.00618. The van der Waals surface area contributed by atoms with Crippen LogP contribution in [-0.4, -0.2) is 93.1 Å². The van der Waals surface area contributed by atoms with Crippen molar-refractivity contribution in [2.24, 2.45) is 21.7 Å². The number of carbonyl (C=O) groups is 4. The van der Waals surface area contributed by atoms with Gasteiger partial charge in [-0.3, -0.25) is 29.1 Å². The summed E-state index contributed by atoms with van der Waals surface area (Å²) in [5, 5.41) is 0. The largest absolute Gasteiger partial charge is 0.462 e. The van der Waals surface area contributed by atoms with Gasteiger partial charge in [-0.15, -0.1) is 23.5 Å². The first-order chi connectivity index (χ1) is 23.4. The van der Waals surface area contributed by atoms with Crippen LogP contribution in [0.15, 0.2) is 24.5 Å². The molecule has 11 nitrogen and oxygen atoms in total. The van der Waals surface area contributed by atoms with Crippen LogP contribution < -0.4 is 0 Å². The molecule has 3 aliphatic rings. The lowest BCUT2D eigenvalue weighted by atomic mass is 9.89. The number of rotatable bonds is 7. The molecule has 3 fully saturated rings. The number of likely N-dealkylation sites (tertiary alicyclic amines) is 1. The molecule has 0 N–H and O–H groups in total. The van der Waals surface area contributed by atoms with E-state index in [9.17, 15) is 19.2 Å². The Kier molecular flexibility index (Phi) is 12.6. The highest BCUT2D eigenvalue weighted by atomic mass is 32.2. The van der Waals surface area contributed by atoms with E-state index in [1.807, 2.05) is 41.9 Å². The third-order valence-corrected chi connectivity index (χ3v) is 12.6. The van der Waals surface area contributed by atoms with Gasteiger partial charge in [0.2, 0.25) is 0 Å². The van der Waals surface area contributed by atoms with Crippen molar-refractivity contribution in [3.8, 4) is 0 Å². The van der Waals surface area contributed by atoms with Gasteiger partial charge >= 0.3 is 23.9 Å². The van der Waals surface area contributed by atoms with E-state index >= 15 is 0 Å². The molecule has 4 heterocycles. The SMILES string of the molecule is CC(C)(C)C(=O)OC[C@H]1O[C@@H](N2CCC3(C[C@H]2c2cccnc2)SCCS3)[C@H](OC(=O)C(C)(C)C)[C@@H](OC(=O)C(C)(C)C)[C@H]1OC(=O)C(C)(C)C. The van der Waals surface area contributed by atoms with E-state index in [-0.39, 0.29) is 16.7 Å². The molecule has 1 aromatic heterocycles. The lowest BCUT2D eigenvalue weighted by molar-refractivity contribution is -0.290. The maximum absolute atomic E-state index is 13.8. The Labute approximate surface area is 312 Å². The summed E-state index contributed by atoms with van der Waals surface area (Å²) in [5.74, 6) is -0.0528. The number of aromatic nitrogens is 1. The zero-order valence-corrected chi connectivity index (χ0v) is 34.0. The van der Waals surface area contributed by atoms with Gasteiger partial charge in [0.1, 0.15) is 12.7 Å². The molecule has 0 saturated carbocycles. The fourth-order valence-electron chi connectivity index (χ4n) is 5.89. The number of ether oxygens (including phenoxy) is 5. The van der Waals surface area contributed by atoms with Gasteiger partial charge in [0.15, 0.2) is 24.5 Å². The topological polar surface area (TPSA) is 131 Å². The monoisotopic (exact) mass is 750 g/mol. The molecule has 6 atom stereocenters. The Hall–Kier alpha value is -2.35. The maximum Gasteiger partial charge on any atom is 0.311 e. The van der Waals surface area contributed by atoms with Gasteiger partial charge in [-0.25, -0.2) is 0 Å². The summed E-state index contributed by atoms with van der Waals surface area (Å²) in [6.07, 6.45) is -0.672. The van der Waals surface area contributed by atoms with Crippen LogP contribution >= 0.6 is 23.5 Å². The van der Waals surface area contributed by atoms with Gasteiger partial charge in [-0.05, 0) is 108 Å². The van der Waals surface area contributed by atoms with E-state index in [4.69, 9.17) is 23.7 Å². The number of hydrogen-bond acceptors (Lipinski definition) is 13. The van der Waals surface area contributed by atoms with Crippen LogP contribution in [0, 0.1) is 21.7 Å². The Morgan fingerprint density at radius 3 is 1.78 bits per heavy atom. The molecule has 0 unspecified atom stereocenters. The molecule has 1 spiro atoms. The van der Waals surface area contributed by atoms with Crippen molar-refractivity contribution >= 4 is 47.4 Å². The van der Waals surface area contributed by atoms with Gasteiger partial charge in [-0.1, -0.05) is 6.07 Å². The lowest BCUT2D eigenvalue weighted by Crippen LogP contribution is -2.68. The van der Waals surface area contributed by atoms with Crippen LogP contribution in [0.2, 0.25) is 0 Å². The minimum Gasteiger partial charge on any atom is -0.462 e. The molecular formula is C38H58N2O9S2. The quantitative estimate of drug-likeness (QED) is 0.220. The standard InChI is InChI=1S/C38H58N2O9S2/c1-34(2,3)30(41)45-22-25-26(47-31(42)35(4,5)6)27(48-32(43)36(7,8)9)28(49-33(44)37(10,11)12)29(46-25)40-17-15-38(50-18-19-51-38)20-24(40)23-14-13-16-39-21-23/h13-14,16,21,24-29H,15,17-20,22H2,1-12H3/t24-,25+,26-,27-,28+,29+/m0/s1. The number of pyridine rings is 1. The van der Waals surface area contributed by atoms with Crippen molar-refractivity contribution in [2.45, 2.75) is 137 Å². The zero-order chi connectivity index (χ0) is 38.2. The molecule has 3 saturated heterocycles. The number of piperidine rings is 1. The first kappa shape index (κ1) is 41.4. The molecule has 0 bridgehead atoms. The highest BCUT2D eigenvalue weighted by molar-refractivity contribution is 8.21. The van der Waals surface area contributed by atoms with Crippen LogP contribution in [0.4, 0.5) is 0 Å². The smallest absolute Gasteiger partial charge is 0.311 e. The zero-order valence-electron chi connectivity index (χ0n) is 32.4. The number of esters is 4. The average Bonchev–Trinajstić information content (AvgIpc) is 3.47. The highest BCUT2D eigenvalue weighted by Gasteiger charge is 2.58. The molecular weight excluding hydrogens is 693 g/mol. The first-order valence-electron chi connectivity index (χ1n) is 17.8. The average molecular weight is 751 g/mol. The van der Waals surface area contributed by atoms with Crippen LogP contribution in [0.3, 0.4) is 0 Å². The predicted molar refractivity (Wildman–Crippen MR) is 198 cm³/mol. The second kappa shape index (κ2) is 15.6. The number of carbonyl (C=O) groups excluding carboxylic acids is 4. The molecule has 286 valence electrons. The molecule has 0 radical (unpaired) electrons. The van der Waals surface area contributed by atoms with E-state index in [1.165, 1.54) is 0 Å².